The van der Waals surface area contributed by atoms with Crippen molar-refractivity contribution >= 4 is 17.3 Å². The molecule has 1 aromatic carbocycles. The fourth-order valence-corrected chi connectivity index (χ4v) is 3.96. The van der Waals surface area contributed by atoms with Gasteiger partial charge in [-0.25, -0.2) is 0 Å². The Bertz CT molecular complexity index is 817. The first-order valence-corrected chi connectivity index (χ1v) is 9.13. The number of benzene rings is 1. The summed E-state index contributed by atoms with van der Waals surface area (Å²) in [5.74, 6) is 0. The summed E-state index contributed by atoms with van der Waals surface area (Å²) in [5, 5.41) is 31.7. The fraction of sp³-hybridized carbons (Fsp3) is 0.500. The molecule has 1 N–H and O–H groups in total. The summed E-state index contributed by atoms with van der Waals surface area (Å²) in [4.78, 5) is 11.3. The van der Waals surface area contributed by atoms with Crippen LogP contribution in [0, 0.1) is 20.9 Å². The molecule has 0 saturated carbocycles. The number of azo groups is 1. The molecule has 0 bridgehead atoms. The second kappa shape index (κ2) is 7.17. The molecular formula is C20H26ClN3O3. The maximum atomic E-state index is 12.0. The minimum Gasteiger partial charge on any atom is -0.325 e. The maximum absolute atomic E-state index is 12.0. The van der Waals surface area contributed by atoms with Gasteiger partial charge in [-0.1, -0.05) is 71.3 Å². The highest BCUT2D eigenvalue weighted by molar-refractivity contribution is 6.32. The van der Waals surface area contributed by atoms with Gasteiger partial charge in [0.05, 0.1) is 21.2 Å². The minimum absolute atomic E-state index is 0.145. The van der Waals surface area contributed by atoms with Crippen LogP contribution < -0.4 is 0 Å². The molecule has 146 valence electrons. The fourth-order valence-electron chi connectivity index (χ4n) is 3.19. The highest BCUT2D eigenvalue weighted by Crippen LogP contribution is 2.50. The number of hydrogen-bond donors (Lipinski definition) is 1. The Morgan fingerprint density at radius 2 is 1.67 bits per heavy atom. The lowest BCUT2D eigenvalue weighted by Gasteiger charge is -2.39. The van der Waals surface area contributed by atoms with Crippen LogP contribution in [0.25, 0.3) is 0 Å². The van der Waals surface area contributed by atoms with Gasteiger partial charge < -0.3 is 5.11 Å². The molecule has 0 radical (unpaired) electrons. The Labute approximate surface area is 164 Å². The summed E-state index contributed by atoms with van der Waals surface area (Å²) in [7, 11) is 0. The van der Waals surface area contributed by atoms with E-state index in [1.807, 2.05) is 26.8 Å². The summed E-state index contributed by atoms with van der Waals surface area (Å²) < 4.78 is 0. The van der Waals surface area contributed by atoms with Crippen molar-refractivity contribution in [3.8, 4) is 0 Å². The van der Waals surface area contributed by atoms with E-state index in [0.717, 1.165) is 0 Å². The van der Waals surface area contributed by atoms with Gasteiger partial charge >= 0.3 is 5.72 Å². The summed E-state index contributed by atoms with van der Waals surface area (Å²) in [6.07, 6.45) is 1.56. The standard InChI is InChI=1S/C20H26ClN3O3/c1-18(2,3)14-12-15(23-22-13-10-8-7-9-11-13)20(25,24(26)27)17(16(14)21)19(4,5)6/h7-12,15,25H,1-6H3. The molecule has 2 unspecified atom stereocenters. The summed E-state index contributed by atoms with van der Waals surface area (Å²) in [6.45, 7) is 11.2. The molecule has 27 heavy (non-hydrogen) atoms. The van der Waals surface area contributed by atoms with Crippen LogP contribution in [0.5, 0.6) is 0 Å². The van der Waals surface area contributed by atoms with E-state index in [-0.39, 0.29) is 16.0 Å². The van der Waals surface area contributed by atoms with E-state index in [1.165, 1.54) is 0 Å². The van der Waals surface area contributed by atoms with Gasteiger partial charge in [0.25, 0.3) is 0 Å². The monoisotopic (exact) mass is 391 g/mol. The topological polar surface area (TPSA) is 88.1 Å². The third-order valence-corrected chi connectivity index (χ3v) is 4.84. The molecule has 0 saturated heterocycles. The van der Waals surface area contributed by atoms with E-state index in [4.69, 9.17) is 11.6 Å². The van der Waals surface area contributed by atoms with Gasteiger partial charge in [0.1, 0.15) is 0 Å². The summed E-state index contributed by atoms with van der Waals surface area (Å²) in [6, 6.07) is 7.70. The number of hydrogen-bond acceptors (Lipinski definition) is 5. The molecule has 2 atom stereocenters. The van der Waals surface area contributed by atoms with Crippen LogP contribution in [0.3, 0.4) is 0 Å². The van der Waals surface area contributed by atoms with Gasteiger partial charge in [0.15, 0.2) is 6.04 Å². The quantitative estimate of drug-likeness (QED) is 0.313. The van der Waals surface area contributed by atoms with Crippen molar-refractivity contribution in [2.45, 2.75) is 53.3 Å². The summed E-state index contributed by atoms with van der Waals surface area (Å²) >= 11 is 6.60. The van der Waals surface area contributed by atoms with Crippen molar-refractivity contribution in [1.29, 1.82) is 0 Å². The van der Waals surface area contributed by atoms with Crippen LogP contribution in [0.4, 0.5) is 5.69 Å². The highest BCUT2D eigenvalue weighted by atomic mass is 35.5. The second-order valence-corrected chi connectivity index (χ2v) is 9.13. The summed E-state index contributed by atoms with van der Waals surface area (Å²) in [5.41, 5.74) is -2.20. The Hall–Kier alpha value is -2.05. The average molecular weight is 392 g/mol. The molecule has 1 aromatic rings. The van der Waals surface area contributed by atoms with Crippen molar-refractivity contribution < 1.29 is 10.0 Å². The minimum atomic E-state index is -2.47. The molecule has 6 nitrogen and oxygen atoms in total. The van der Waals surface area contributed by atoms with Crippen LogP contribution in [-0.4, -0.2) is 21.8 Å². The van der Waals surface area contributed by atoms with Crippen LogP contribution in [0.15, 0.2) is 62.8 Å². The van der Waals surface area contributed by atoms with Gasteiger partial charge in [0, 0.05) is 0 Å². The zero-order valence-corrected chi connectivity index (χ0v) is 17.3. The SMILES string of the molecule is CC(C)(C)C1=CC(N=Nc2ccccc2)C(O)([N+](=O)[O-])C(C(C)(C)C)=C1Cl. The van der Waals surface area contributed by atoms with Gasteiger partial charge in [-0.05, 0) is 34.6 Å². The van der Waals surface area contributed by atoms with Gasteiger partial charge in [0.2, 0.25) is 0 Å². The first kappa shape index (κ1) is 21.3. The molecule has 0 aliphatic heterocycles. The van der Waals surface area contributed by atoms with E-state index >= 15 is 0 Å². The van der Waals surface area contributed by atoms with Crippen molar-refractivity contribution in [3.63, 3.8) is 0 Å². The normalized spacial score (nSPS) is 24.3. The number of nitro groups is 1. The number of rotatable bonds is 3. The zero-order valence-electron chi connectivity index (χ0n) is 16.5. The average Bonchev–Trinajstić information content (AvgIpc) is 2.52. The maximum Gasteiger partial charge on any atom is 0.375 e. The van der Waals surface area contributed by atoms with E-state index in [1.54, 1.807) is 51.1 Å². The molecule has 0 amide bonds. The van der Waals surface area contributed by atoms with Crippen LogP contribution in [-0.2, 0) is 0 Å². The molecule has 1 aliphatic carbocycles. The predicted molar refractivity (Wildman–Crippen MR) is 107 cm³/mol. The lowest BCUT2D eigenvalue weighted by molar-refractivity contribution is -0.615. The predicted octanol–water partition coefficient (Wildman–Crippen LogP) is 5.63. The molecule has 0 heterocycles. The van der Waals surface area contributed by atoms with E-state index in [0.29, 0.717) is 11.3 Å². The molecule has 0 aromatic heterocycles. The lowest BCUT2D eigenvalue weighted by Crippen LogP contribution is -2.54. The van der Waals surface area contributed by atoms with Crippen LogP contribution in [0.1, 0.15) is 41.5 Å². The Balaban J connectivity index is 2.71. The van der Waals surface area contributed by atoms with Crippen molar-refractivity contribution in [1.82, 2.24) is 0 Å². The lowest BCUT2D eigenvalue weighted by atomic mass is 9.70. The third kappa shape index (κ3) is 4.12. The van der Waals surface area contributed by atoms with Crippen LogP contribution >= 0.6 is 11.6 Å². The van der Waals surface area contributed by atoms with E-state index < -0.39 is 22.1 Å². The Kier molecular flexibility index (Phi) is 5.64. The molecule has 7 heteroatoms. The van der Waals surface area contributed by atoms with Gasteiger partial charge in [-0.3, -0.25) is 10.1 Å². The zero-order chi connectivity index (χ0) is 20.6. The van der Waals surface area contributed by atoms with Crippen LogP contribution in [0.2, 0.25) is 0 Å². The number of nitrogens with zero attached hydrogens (tertiary/aromatic N) is 3. The van der Waals surface area contributed by atoms with E-state index in [2.05, 4.69) is 10.2 Å². The largest absolute Gasteiger partial charge is 0.375 e. The van der Waals surface area contributed by atoms with E-state index in [9.17, 15) is 15.2 Å². The number of halogens is 1. The van der Waals surface area contributed by atoms with Crippen molar-refractivity contribution in [2.24, 2.45) is 21.1 Å². The smallest absolute Gasteiger partial charge is 0.325 e. The number of allylic oxidation sites excluding steroid dienone is 2. The first-order valence-electron chi connectivity index (χ1n) is 8.75. The molecular weight excluding hydrogens is 366 g/mol. The third-order valence-electron chi connectivity index (χ3n) is 4.45. The van der Waals surface area contributed by atoms with Crippen molar-refractivity contribution in [3.05, 3.63) is 62.7 Å². The van der Waals surface area contributed by atoms with Gasteiger partial charge in [-0.2, -0.15) is 10.2 Å². The molecule has 1 aliphatic rings. The van der Waals surface area contributed by atoms with Gasteiger partial charge in [-0.15, -0.1) is 0 Å². The molecule has 2 rings (SSSR count). The number of aliphatic hydroxyl groups is 1. The molecule has 0 spiro atoms. The second-order valence-electron chi connectivity index (χ2n) is 8.75. The Morgan fingerprint density at radius 3 is 2.11 bits per heavy atom. The van der Waals surface area contributed by atoms with Crippen molar-refractivity contribution in [2.75, 3.05) is 0 Å². The Morgan fingerprint density at radius 1 is 1.11 bits per heavy atom. The molecule has 0 fully saturated rings. The highest BCUT2D eigenvalue weighted by Gasteiger charge is 2.59. The first-order chi connectivity index (χ1) is 12.3.